The van der Waals surface area contributed by atoms with Crippen molar-refractivity contribution in [3.05, 3.63) is 29.8 Å². The van der Waals surface area contributed by atoms with E-state index < -0.39 is 0 Å². The number of hydrogen-bond donors (Lipinski definition) is 3. The van der Waals surface area contributed by atoms with Crippen LogP contribution in [0.2, 0.25) is 0 Å². The molecule has 4 N–H and O–H groups in total. The Morgan fingerprint density at radius 2 is 1.90 bits per heavy atom. The second kappa shape index (κ2) is 8.16. The Morgan fingerprint density at radius 3 is 2.45 bits per heavy atom. The Morgan fingerprint density at radius 1 is 1.25 bits per heavy atom. The molecule has 0 spiro atoms. The summed E-state index contributed by atoms with van der Waals surface area (Å²) in [6.45, 7) is 4.22. The van der Waals surface area contributed by atoms with Crippen LogP contribution in [0.1, 0.15) is 25.5 Å². The number of ether oxygens (including phenoxy) is 1. The molecule has 0 heterocycles. The lowest BCUT2D eigenvalue weighted by Crippen LogP contribution is -2.40. The summed E-state index contributed by atoms with van der Waals surface area (Å²) in [5, 5.41) is 5.21. The predicted octanol–water partition coefficient (Wildman–Crippen LogP) is 0.337. The fourth-order valence-corrected chi connectivity index (χ4v) is 1.65. The summed E-state index contributed by atoms with van der Waals surface area (Å²) in [5.41, 5.74) is 6.10. The highest BCUT2D eigenvalue weighted by Gasteiger charge is 2.10. The Labute approximate surface area is 118 Å². The van der Waals surface area contributed by atoms with Crippen LogP contribution in [0.4, 0.5) is 0 Å². The van der Waals surface area contributed by atoms with Crippen molar-refractivity contribution in [2.24, 2.45) is 5.73 Å². The minimum atomic E-state index is -0.353. The van der Waals surface area contributed by atoms with Gasteiger partial charge in [-0.1, -0.05) is 12.1 Å². The van der Waals surface area contributed by atoms with Crippen LogP contribution in [0, 0.1) is 0 Å². The summed E-state index contributed by atoms with van der Waals surface area (Å²) in [7, 11) is 0. The molecule has 0 aliphatic heterocycles. The van der Waals surface area contributed by atoms with Crippen LogP contribution in [-0.2, 0) is 9.59 Å². The third-order valence-corrected chi connectivity index (χ3v) is 2.70. The van der Waals surface area contributed by atoms with Crippen molar-refractivity contribution in [2.45, 2.75) is 19.9 Å². The van der Waals surface area contributed by atoms with Gasteiger partial charge in [-0.25, -0.2) is 0 Å². The molecule has 0 fully saturated rings. The number of carbonyl (C=O) groups is 2. The van der Waals surface area contributed by atoms with Crippen LogP contribution in [0.25, 0.3) is 0 Å². The summed E-state index contributed by atoms with van der Waals surface area (Å²) < 4.78 is 5.35. The molecule has 1 aromatic rings. The first-order valence-electron chi connectivity index (χ1n) is 6.55. The van der Waals surface area contributed by atoms with Crippen molar-refractivity contribution >= 4 is 11.8 Å². The molecule has 6 heteroatoms. The van der Waals surface area contributed by atoms with E-state index in [0.29, 0.717) is 6.61 Å². The summed E-state index contributed by atoms with van der Waals surface area (Å²) >= 11 is 0. The number of hydrogen-bond acceptors (Lipinski definition) is 4. The molecule has 0 saturated heterocycles. The molecule has 2 amide bonds. The van der Waals surface area contributed by atoms with Gasteiger partial charge < -0.3 is 21.1 Å². The van der Waals surface area contributed by atoms with E-state index in [2.05, 4.69) is 10.6 Å². The molecule has 0 aromatic heterocycles. The monoisotopic (exact) mass is 279 g/mol. The maximum atomic E-state index is 11.6. The normalized spacial score (nSPS) is 11.6. The van der Waals surface area contributed by atoms with Gasteiger partial charge in [0.2, 0.25) is 11.8 Å². The van der Waals surface area contributed by atoms with E-state index in [4.69, 9.17) is 10.5 Å². The van der Waals surface area contributed by atoms with Crippen molar-refractivity contribution < 1.29 is 14.3 Å². The lowest BCUT2D eigenvalue weighted by Gasteiger charge is -2.15. The smallest absolute Gasteiger partial charge is 0.239 e. The zero-order valence-electron chi connectivity index (χ0n) is 11.8. The Kier molecular flexibility index (Phi) is 6.52. The summed E-state index contributed by atoms with van der Waals surface area (Å²) in [6.07, 6.45) is 0. The highest BCUT2D eigenvalue weighted by atomic mass is 16.5. The molecule has 1 aromatic carbocycles. The van der Waals surface area contributed by atoms with E-state index in [1.54, 1.807) is 0 Å². The van der Waals surface area contributed by atoms with Crippen molar-refractivity contribution in [3.8, 4) is 5.75 Å². The number of rotatable bonds is 7. The fourth-order valence-electron chi connectivity index (χ4n) is 1.65. The molecule has 0 aliphatic rings. The lowest BCUT2D eigenvalue weighted by molar-refractivity contribution is -0.125. The molecule has 110 valence electrons. The molecule has 0 aliphatic carbocycles. The van der Waals surface area contributed by atoms with Gasteiger partial charge >= 0.3 is 0 Å². The van der Waals surface area contributed by atoms with Gasteiger partial charge in [-0.05, 0) is 31.5 Å². The molecule has 0 radical (unpaired) electrons. The first-order valence-corrected chi connectivity index (χ1v) is 6.55. The molecule has 0 saturated carbocycles. The zero-order valence-corrected chi connectivity index (χ0v) is 11.8. The van der Waals surface area contributed by atoms with E-state index in [0.717, 1.165) is 11.3 Å². The van der Waals surface area contributed by atoms with Crippen LogP contribution in [0.15, 0.2) is 24.3 Å². The van der Waals surface area contributed by atoms with Crippen LogP contribution < -0.4 is 21.1 Å². The second-order valence-electron chi connectivity index (χ2n) is 4.27. The van der Waals surface area contributed by atoms with Gasteiger partial charge in [-0.15, -0.1) is 0 Å². The molecule has 1 unspecified atom stereocenters. The van der Waals surface area contributed by atoms with Gasteiger partial charge in [-0.3, -0.25) is 9.59 Å². The van der Waals surface area contributed by atoms with Crippen molar-refractivity contribution in [2.75, 3.05) is 19.7 Å². The van der Waals surface area contributed by atoms with E-state index in [9.17, 15) is 9.59 Å². The van der Waals surface area contributed by atoms with Gasteiger partial charge in [0.25, 0.3) is 0 Å². The summed E-state index contributed by atoms with van der Waals surface area (Å²) in [4.78, 5) is 22.6. The largest absolute Gasteiger partial charge is 0.494 e. The molecule has 6 nitrogen and oxygen atoms in total. The van der Waals surface area contributed by atoms with Crippen molar-refractivity contribution in [3.63, 3.8) is 0 Å². The van der Waals surface area contributed by atoms with Gasteiger partial charge in [0, 0.05) is 0 Å². The van der Waals surface area contributed by atoms with Crippen molar-refractivity contribution in [1.29, 1.82) is 0 Å². The maximum absolute atomic E-state index is 11.6. The summed E-state index contributed by atoms with van der Waals surface area (Å²) in [5.74, 6) is 0.187. The second-order valence-corrected chi connectivity index (χ2v) is 4.27. The van der Waals surface area contributed by atoms with Crippen LogP contribution in [0.3, 0.4) is 0 Å². The molecule has 1 rings (SSSR count). The van der Waals surface area contributed by atoms with E-state index in [-0.39, 0.29) is 30.9 Å². The topological polar surface area (TPSA) is 93.5 Å². The Bertz CT molecular complexity index is 445. The van der Waals surface area contributed by atoms with Crippen LogP contribution in [0.5, 0.6) is 5.75 Å². The van der Waals surface area contributed by atoms with E-state index in [1.165, 1.54) is 0 Å². The highest BCUT2D eigenvalue weighted by Crippen LogP contribution is 2.17. The third-order valence-electron chi connectivity index (χ3n) is 2.70. The molecular weight excluding hydrogens is 258 g/mol. The molecular formula is C14H21N3O3. The highest BCUT2D eigenvalue weighted by molar-refractivity contribution is 5.85. The standard InChI is InChI=1S/C14H21N3O3/c1-3-20-12-6-4-11(5-7-12)10(2)17-14(19)9-16-13(18)8-15/h4-7,10H,3,8-9,15H2,1-2H3,(H,16,18)(H,17,19). The molecule has 20 heavy (non-hydrogen) atoms. The number of nitrogens with two attached hydrogens (primary N) is 1. The minimum absolute atomic E-state index is 0.0720. The SMILES string of the molecule is CCOc1ccc(C(C)NC(=O)CNC(=O)CN)cc1. The number of nitrogens with one attached hydrogen (secondary N) is 2. The average Bonchev–Trinajstić information content (AvgIpc) is 2.45. The van der Waals surface area contributed by atoms with Gasteiger partial charge in [0.15, 0.2) is 0 Å². The van der Waals surface area contributed by atoms with Gasteiger partial charge in [-0.2, -0.15) is 0 Å². The predicted molar refractivity (Wildman–Crippen MR) is 76.2 cm³/mol. The quantitative estimate of drug-likeness (QED) is 0.671. The van der Waals surface area contributed by atoms with Crippen LogP contribution in [-0.4, -0.2) is 31.5 Å². The van der Waals surface area contributed by atoms with Gasteiger partial charge in [0.05, 0.1) is 25.7 Å². The van der Waals surface area contributed by atoms with E-state index in [1.807, 2.05) is 38.1 Å². The molecule has 0 bridgehead atoms. The Hall–Kier alpha value is -2.08. The average molecular weight is 279 g/mol. The number of benzene rings is 1. The van der Waals surface area contributed by atoms with Crippen molar-refractivity contribution in [1.82, 2.24) is 10.6 Å². The van der Waals surface area contributed by atoms with E-state index >= 15 is 0 Å². The first kappa shape index (κ1) is 16.0. The number of carbonyl (C=O) groups excluding carboxylic acids is 2. The van der Waals surface area contributed by atoms with Gasteiger partial charge in [0.1, 0.15) is 5.75 Å². The lowest BCUT2D eigenvalue weighted by atomic mass is 10.1. The Balaban J connectivity index is 2.47. The maximum Gasteiger partial charge on any atom is 0.239 e. The minimum Gasteiger partial charge on any atom is -0.494 e. The summed E-state index contributed by atoms with van der Waals surface area (Å²) in [6, 6.07) is 7.37. The first-order chi connectivity index (χ1) is 9.56. The fraction of sp³-hybridized carbons (Fsp3) is 0.429. The zero-order chi connectivity index (χ0) is 15.0. The number of amides is 2. The van der Waals surface area contributed by atoms with Crippen LogP contribution >= 0.6 is 0 Å². The molecule has 1 atom stereocenters. The third kappa shape index (κ3) is 5.27.